The van der Waals surface area contributed by atoms with Gasteiger partial charge in [0.25, 0.3) is 0 Å². The fraction of sp³-hybridized carbons (Fsp3) is 0.914. The maximum Gasteiger partial charge on any atom is 0.220 e. The first-order valence-corrected chi connectivity index (χ1v) is 29.1. The molecule has 7 unspecified atom stereocenters. The minimum Gasteiger partial charge on any atom is -0.394 e. The highest BCUT2D eigenvalue weighted by molar-refractivity contribution is 5.76. The zero-order chi connectivity index (χ0) is 48.7. The quantitative estimate of drug-likeness (QED) is 0.0261. The fourth-order valence-corrected chi connectivity index (χ4v) is 9.39. The van der Waals surface area contributed by atoms with Gasteiger partial charge in [0.2, 0.25) is 5.91 Å². The highest BCUT2D eigenvalue weighted by Gasteiger charge is 2.44. The largest absolute Gasteiger partial charge is 0.394 e. The van der Waals surface area contributed by atoms with E-state index in [0.717, 1.165) is 38.5 Å². The Bertz CT molecular complexity index is 1100. The smallest absolute Gasteiger partial charge is 0.220 e. The van der Waals surface area contributed by atoms with Gasteiger partial charge in [-0.1, -0.05) is 256 Å². The second-order valence-electron chi connectivity index (χ2n) is 20.4. The Kier molecular flexibility index (Phi) is 45.9. The molecule has 1 saturated heterocycles. The average Bonchev–Trinajstić information content (AvgIpc) is 3.33. The number of hydrogen-bond donors (Lipinski definition) is 6. The predicted molar refractivity (Wildman–Crippen MR) is 281 cm³/mol. The molecule has 1 amide bonds. The van der Waals surface area contributed by atoms with Crippen LogP contribution in [0.2, 0.25) is 0 Å². The number of ether oxygens (including phenoxy) is 2. The van der Waals surface area contributed by atoms with Gasteiger partial charge in [-0.3, -0.25) is 4.79 Å². The van der Waals surface area contributed by atoms with Crippen molar-refractivity contribution in [3.05, 3.63) is 24.3 Å². The van der Waals surface area contributed by atoms with E-state index in [1.165, 1.54) is 225 Å². The van der Waals surface area contributed by atoms with Gasteiger partial charge in [-0.05, 0) is 44.9 Å². The van der Waals surface area contributed by atoms with Crippen LogP contribution < -0.4 is 5.32 Å². The molecule has 1 aliphatic heterocycles. The molecule has 0 spiro atoms. The fourth-order valence-electron chi connectivity index (χ4n) is 9.39. The van der Waals surface area contributed by atoms with Crippen LogP contribution in [-0.2, 0) is 14.3 Å². The van der Waals surface area contributed by atoms with E-state index in [9.17, 15) is 30.3 Å². The Morgan fingerprint density at radius 3 is 1.21 bits per heavy atom. The van der Waals surface area contributed by atoms with Crippen LogP contribution in [0.5, 0.6) is 0 Å². The van der Waals surface area contributed by atoms with Crippen LogP contribution in [0.15, 0.2) is 24.3 Å². The normalized spacial score (nSPS) is 19.8. The van der Waals surface area contributed by atoms with E-state index in [4.69, 9.17) is 9.47 Å². The minimum absolute atomic E-state index is 0.174. The van der Waals surface area contributed by atoms with Gasteiger partial charge in [-0.25, -0.2) is 0 Å². The number of rotatable bonds is 50. The molecule has 7 atom stereocenters. The van der Waals surface area contributed by atoms with E-state index in [1.807, 2.05) is 6.08 Å². The van der Waals surface area contributed by atoms with Crippen molar-refractivity contribution in [2.75, 3.05) is 13.2 Å². The number of carbonyl (C=O) groups is 1. The number of allylic oxidation sites excluding steroid dienone is 3. The van der Waals surface area contributed by atoms with E-state index in [0.29, 0.717) is 6.42 Å². The molecule has 1 rings (SSSR count). The molecule has 0 saturated carbocycles. The van der Waals surface area contributed by atoms with E-state index in [2.05, 4.69) is 31.3 Å². The third kappa shape index (κ3) is 38.1. The van der Waals surface area contributed by atoms with E-state index in [1.54, 1.807) is 6.08 Å². The van der Waals surface area contributed by atoms with Gasteiger partial charge in [-0.2, -0.15) is 0 Å². The summed E-state index contributed by atoms with van der Waals surface area (Å²) in [5.74, 6) is -0.174. The van der Waals surface area contributed by atoms with E-state index < -0.39 is 49.5 Å². The lowest BCUT2D eigenvalue weighted by Gasteiger charge is -2.40. The maximum absolute atomic E-state index is 13.1. The lowest BCUT2D eigenvalue weighted by atomic mass is 9.99. The van der Waals surface area contributed by atoms with Crippen molar-refractivity contribution in [2.24, 2.45) is 0 Å². The minimum atomic E-state index is -1.57. The van der Waals surface area contributed by atoms with Crippen molar-refractivity contribution in [2.45, 2.75) is 326 Å². The van der Waals surface area contributed by atoms with Crippen molar-refractivity contribution < 1.29 is 39.8 Å². The molecule has 1 aliphatic rings. The number of unbranched alkanes of at least 4 members (excludes halogenated alkanes) is 38. The molecule has 1 heterocycles. The Morgan fingerprint density at radius 1 is 0.493 bits per heavy atom. The van der Waals surface area contributed by atoms with Crippen LogP contribution in [0.25, 0.3) is 0 Å². The third-order valence-electron chi connectivity index (χ3n) is 14.0. The van der Waals surface area contributed by atoms with Crippen LogP contribution in [0.3, 0.4) is 0 Å². The third-order valence-corrected chi connectivity index (χ3v) is 14.0. The van der Waals surface area contributed by atoms with E-state index >= 15 is 0 Å². The molecular formula is C58H111NO8. The molecule has 6 N–H and O–H groups in total. The van der Waals surface area contributed by atoms with Crippen LogP contribution in [0.1, 0.15) is 284 Å². The topological polar surface area (TPSA) is 149 Å². The number of hydrogen-bond acceptors (Lipinski definition) is 8. The van der Waals surface area contributed by atoms with Gasteiger partial charge < -0.3 is 40.3 Å². The van der Waals surface area contributed by atoms with E-state index in [-0.39, 0.29) is 12.5 Å². The first-order chi connectivity index (χ1) is 32.8. The van der Waals surface area contributed by atoms with Gasteiger partial charge in [-0.15, -0.1) is 0 Å². The van der Waals surface area contributed by atoms with Crippen molar-refractivity contribution in [3.63, 3.8) is 0 Å². The van der Waals surface area contributed by atoms with Crippen LogP contribution in [0, 0.1) is 0 Å². The maximum atomic E-state index is 13.1. The first kappa shape index (κ1) is 63.7. The summed E-state index contributed by atoms with van der Waals surface area (Å²) in [7, 11) is 0. The van der Waals surface area contributed by atoms with Gasteiger partial charge in [0.15, 0.2) is 6.29 Å². The lowest BCUT2D eigenvalue weighted by Crippen LogP contribution is -2.60. The molecule has 9 heteroatoms. The molecule has 396 valence electrons. The molecule has 0 aliphatic carbocycles. The zero-order valence-electron chi connectivity index (χ0n) is 43.9. The van der Waals surface area contributed by atoms with Crippen LogP contribution >= 0.6 is 0 Å². The highest BCUT2D eigenvalue weighted by atomic mass is 16.7. The standard InChI is InChI=1S/C58H111NO8/c1-3-5-7-9-11-13-15-17-19-21-23-24-25-26-27-28-29-30-32-34-36-38-40-42-44-46-48-54(62)59-51(50-66-58-57(65)56(64)55(63)53(49-60)67-58)52(61)47-45-43-41-39-37-35-33-31-22-20-18-16-14-12-10-8-6-4-2/h26-27,45,47,51-53,55-58,60-61,63-65H,3-25,28-44,46,48-50H2,1-2H3,(H,59,62)/b27-26-,47-45+. The number of carbonyl (C=O) groups excluding carboxylic acids is 1. The molecule has 0 aromatic heterocycles. The molecule has 67 heavy (non-hydrogen) atoms. The first-order valence-electron chi connectivity index (χ1n) is 29.1. The number of amides is 1. The Hall–Kier alpha value is -1.33. The van der Waals surface area contributed by atoms with Gasteiger partial charge in [0.1, 0.15) is 24.4 Å². The highest BCUT2D eigenvalue weighted by Crippen LogP contribution is 2.23. The van der Waals surface area contributed by atoms with Crippen molar-refractivity contribution in [3.8, 4) is 0 Å². The van der Waals surface area contributed by atoms with Crippen molar-refractivity contribution in [1.29, 1.82) is 0 Å². The van der Waals surface area contributed by atoms with Gasteiger partial charge >= 0.3 is 0 Å². The molecule has 0 bridgehead atoms. The molecular weight excluding hydrogens is 839 g/mol. The van der Waals surface area contributed by atoms with Crippen molar-refractivity contribution >= 4 is 5.91 Å². The number of aliphatic hydroxyl groups excluding tert-OH is 5. The number of nitrogens with one attached hydrogen (secondary N) is 1. The summed E-state index contributed by atoms with van der Waals surface area (Å²) in [4.78, 5) is 13.1. The summed E-state index contributed by atoms with van der Waals surface area (Å²) in [5, 5.41) is 54.5. The second-order valence-corrected chi connectivity index (χ2v) is 20.4. The second kappa shape index (κ2) is 48.3. The Morgan fingerprint density at radius 2 is 0.836 bits per heavy atom. The van der Waals surface area contributed by atoms with Gasteiger partial charge in [0.05, 0.1) is 25.4 Å². The zero-order valence-corrected chi connectivity index (χ0v) is 43.9. The summed E-state index contributed by atoms with van der Waals surface area (Å²) < 4.78 is 11.3. The summed E-state index contributed by atoms with van der Waals surface area (Å²) in [6, 6.07) is -0.804. The van der Waals surface area contributed by atoms with Crippen molar-refractivity contribution in [1.82, 2.24) is 5.32 Å². The Labute approximate surface area is 413 Å². The molecule has 9 nitrogen and oxygen atoms in total. The SMILES string of the molecule is CCCCCCCCCCCCCC/C=C\CCCCCCCCCCCCC(=O)NC(COC1OC(CO)C(O)C(O)C1O)C(O)/C=C/CCCCCCCCCCCCCCCCCC. The molecule has 0 radical (unpaired) electrons. The lowest BCUT2D eigenvalue weighted by molar-refractivity contribution is -0.302. The molecule has 0 aromatic carbocycles. The summed E-state index contributed by atoms with van der Waals surface area (Å²) in [6.07, 6.45) is 53.8. The van der Waals surface area contributed by atoms with Gasteiger partial charge in [0, 0.05) is 6.42 Å². The number of aliphatic hydroxyl groups is 5. The average molecular weight is 951 g/mol. The Balaban J connectivity index is 2.21. The molecule has 0 aromatic rings. The summed E-state index contributed by atoms with van der Waals surface area (Å²) in [5.41, 5.74) is 0. The summed E-state index contributed by atoms with van der Waals surface area (Å²) in [6.45, 7) is 3.81. The van der Waals surface area contributed by atoms with Crippen LogP contribution in [0.4, 0.5) is 0 Å². The predicted octanol–water partition coefficient (Wildman–Crippen LogP) is 14.2. The summed E-state index contributed by atoms with van der Waals surface area (Å²) >= 11 is 0. The monoisotopic (exact) mass is 950 g/mol. The molecule has 1 fully saturated rings. The van der Waals surface area contributed by atoms with Crippen LogP contribution in [-0.4, -0.2) is 87.5 Å².